The second-order valence-electron chi connectivity index (χ2n) is 7.62. The van der Waals surface area contributed by atoms with E-state index in [2.05, 4.69) is 6.92 Å². The maximum Gasteiger partial charge on any atom is 0.362 e. The molecule has 0 fully saturated rings. The van der Waals surface area contributed by atoms with Crippen LogP contribution in [0.15, 0.2) is 12.3 Å². The summed E-state index contributed by atoms with van der Waals surface area (Å²) in [6.07, 6.45) is 11.1. The zero-order chi connectivity index (χ0) is 22.4. The van der Waals surface area contributed by atoms with E-state index in [0.29, 0.717) is 6.42 Å². The summed E-state index contributed by atoms with van der Waals surface area (Å²) in [5, 5.41) is 29.5. The van der Waals surface area contributed by atoms with E-state index in [0.717, 1.165) is 19.3 Å². The zero-order valence-corrected chi connectivity index (χ0v) is 18.5. The molecule has 0 aliphatic rings. The fourth-order valence-corrected chi connectivity index (χ4v) is 4.31. The molecule has 3 unspecified atom stereocenters. The first-order chi connectivity index (χ1) is 13.7. The van der Waals surface area contributed by atoms with Gasteiger partial charge >= 0.3 is 17.9 Å². The summed E-state index contributed by atoms with van der Waals surface area (Å²) in [6.45, 7) is 7.15. The number of carboxylic acids is 3. The van der Waals surface area contributed by atoms with E-state index in [1.54, 1.807) is 33.0 Å². The quantitative estimate of drug-likeness (QED) is 0.236. The van der Waals surface area contributed by atoms with Crippen LogP contribution in [0.1, 0.15) is 91.9 Å². The van der Waals surface area contributed by atoms with Gasteiger partial charge in [-0.3, -0.25) is 4.48 Å². The van der Waals surface area contributed by atoms with Crippen LogP contribution in [0.3, 0.4) is 0 Å². The normalized spacial score (nSPS) is 16.8. The van der Waals surface area contributed by atoms with Gasteiger partial charge in [-0.15, -0.1) is 0 Å². The minimum absolute atomic E-state index is 0.143. The lowest BCUT2D eigenvalue weighted by atomic mass is 9.95. The molecule has 0 aliphatic carbocycles. The lowest BCUT2D eigenvalue weighted by Crippen LogP contribution is -2.69. The Morgan fingerprint density at radius 2 is 1.07 bits per heavy atom. The molecule has 0 spiro atoms. The predicted molar refractivity (Wildman–Crippen MR) is 113 cm³/mol. The topological polar surface area (TPSA) is 112 Å². The molecule has 3 N–H and O–H groups in total. The van der Waals surface area contributed by atoms with Crippen molar-refractivity contribution >= 4 is 17.9 Å². The van der Waals surface area contributed by atoms with Gasteiger partial charge in [-0.2, -0.15) is 0 Å². The SMILES string of the molecule is CCCCCCCC/C=C/[N+](C(CC)C(=O)O)(C(CC)C(=O)O)C(CC)C(=O)O. The van der Waals surface area contributed by atoms with Gasteiger partial charge in [0.2, 0.25) is 0 Å². The number of allylic oxidation sites excluding steroid dienone is 1. The van der Waals surface area contributed by atoms with Crippen LogP contribution in [-0.2, 0) is 14.4 Å². The van der Waals surface area contributed by atoms with Crippen LogP contribution >= 0.6 is 0 Å². The molecule has 0 saturated carbocycles. The van der Waals surface area contributed by atoms with Gasteiger partial charge in [0.05, 0.1) is 6.20 Å². The number of rotatable bonds is 17. The number of carbonyl (C=O) groups is 3. The number of carboxylic acid groups (broad SMARTS) is 3. The highest BCUT2D eigenvalue weighted by Crippen LogP contribution is 2.32. The number of quaternary nitrogens is 1. The summed E-state index contributed by atoms with van der Waals surface area (Å²) >= 11 is 0. The summed E-state index contributed by atoms with van der Waals surface area (Å²) < 4.78 is -0.584. The van der Waals surface area contributed by atoms with Crippen LogP contribution in [0.25, 0.3) is 0 Å². The maximum absolute atomic E-state index is 12.1. The first-order valence-corrected chi connectivity index (χ1v) is 11.0. The third-order valence-corrected chi connectivity index (χ3v) is 5.72. The average Bonchev–Trinajstić information content (AvgIpc) is 2.64. The third kappa shape index (κ3) is 7.46. The fourth-order valence-electron chi connectivity index (χ4n) is 4.31. The van der Waals surface area contributed by atoms with Crippen LogP contribution in [0.2, 0.25) is 0 Å². The predicted octanol–water partition coefficient (Wildman–Crippen LogP) is 4.66. The first kappa shape index (κ1) is 27.1. The number of aliphatic carboxylic acids is 3. The van der Waals surface area contributed by atoms with Gasteiger partial charge in [-0.1, -0.05) is 59.8 Å². The van der Waals surface area contributed by atoms with Crippen LogP contribution < -0.4 is 0 Å². The Labute approximate surface area is 175 Å². The van der Waals surface area contributed by atoms with E-state index < -0.39 is 40.5 Å². The fraction of sp³-hybridized carbons (Fsp3) is 0.773. The number of hydrogen-bond acceptors (Lipinski definition) is 3. The Morgan fingerprint density at radius 3 is 1.41 bits per heavy atom. The molecule has 7 heteroatoms. The van der Waals surface area contributed by atoms with Gasteiger partial charge in [0.15, 0.2) is 18.1 Å². The van der Waals surface area contributed by atoms with Crippen LogP contribution in [0, 0.1) is 0 Å². The van der Waals surface area contributed by atoms with Gasteiger partial charge in [-0.05, 0) is 18.9 Å². The van der Waals surface area contributed by atoms with Crippen molar-refractivity contribution in [3.63, 3.8) is 0 Å². The number of nitrogens with zero attached hydrogens (tertiary/aromatic N) is 1. The molecule has 0 rings (SSSR count). The molecule has 0 radical (unpaired) electrons. The highest BCUT2D eigenvalue weighted by Gasteiger charge is 2.55. The van der Waals surface area contributed by atoms with Crippen molar-refractivity contribution < 1.29 is 34.2 Å². The minimum Gasteiger partial charge on any atom is -0.477 e. The molecule has 0 saturated heterocycles. The van der Waals surface area contributed by atoms with E-state index in [4.69, 9.17) is 0 Å². The minimum atomic E-state index is -1.17. The number of hydrogen-bond donors (Lipinski definition) is 3. The molecular formula is C22H40NO6+. The van der Waals surface area contributed by atoms with Crippen molar-refractivity contribution in [1.82, 2.24) is 0 Å². The van der Waals surface area contributed by atoms with Gasteiger partial charge in [-0.25, -0.2) is 14.4 Å². The Balaban J connectivity index is 5.97. The second kappa shape index (κ2) is 14.1. The molecular weight excluding hydrogens is 374 g/mol. The summed E-state index contributed by atoms with van der Waals surface area (Å²) in [5.41, 5.74) is 0. The smallest absolute Gasteiger partial charge is 0.362 e. The van der Waals surface area contributed by atoms with E-state index in [1.165, 1.54) is 19.3 Å². The first-order valence-electron chi connectivity index (χ1n) is 11.0. The lowest BCUT2D eigenvalue weighted by Gasteiger charge is -2.46. The monoisotopic (exact) mass is 414 g/mol. The maximum atomic E-state index is 12.1. The number of unbranched alkanes of at least 4 members (excludes halogenated alkanes) is 6. The summed E-state index contributed by atoms with van der Waals surface area (Å²) in [7, 11) is 0. The van der Waals surface area contributed by atoms with Crippen LogP contribution in [-0.4, -0.2) is 55.8 Å². The Morgan fingerprint density at radius 1 is 0.690 bits per heavy atom. The molecule has 0 aliphatic heterocycles. The van der Waals surface area contributed by atoms with E-state index >= 15 is 0 Å². The zero-order valence-electron chi connectivity index (χ0n) is 18.5. The summed E-state index contributed by atoms with van der Waals surface area (Å²) in [4.78, 5) is 36.2. The highest BCUT2D eigenvalue weighted by atomic mass is 16.4. The van der Waals surface area contributed by atoms with Crippen molar-refractivity contribution in [3.8, 4) is 0 Å². The molecule has 0 bridgehead atoms. The van der Waals surface area contributed by atoms with Gasteiger partial charge in [0.1, 0.15) is 0 Å². The Bertz CT molecular complexity index is 490. The van der Waals surface area contributed by atoms with Gasteiger partial charge in [0, 0.05) is 19.3 Å². The molecule has 0 aromatic heterocycles. The van der Waals surface area contributed by atoms with E-state index in [9.17, 15) is 29.7 Å². The molecule has 0 aromatic carbocycles. The van der Waals surface area contributed by atoms with Crippen molar-refractivity contribution in [2.45, 2.75) is 110 Å². The molecule has 7 nitrogen and oxygen atoms in total. The molecule has 0 heterocycles. The molecule has 3 atom stereocenters. The lowest BCUT2D eigenvalue weighted by molar-refractivity contribution is -0.927. The molecule has 29 heavy (non-hydrogen) atoms. The average molecular weight is 415 g/mol. The van der Waals surface area contributed by atoms with Crippen molar-refractivity contribution in [3.05, 3.63) is 12.3 Å². The second-order valence-corrected chi connectivity index (χ2v) is 7.62. The molecule has 0 amide bonds. The van der Waals surface area contributed by atoms with Crippen LogP contribution in [0.4, 0.5) is 0 Å². The van der Waals surface area contributed by atoms with Gasteiger partial charge < -0.3 is 15.3 Å². The van der Waals surface area contributed by atoms with Crippen molar-refractivity contribution in [2.24, 2.45) is 0 Å². The van der Waals surface area contributed by atoms with E-state index in [1.807, 2.05) is 0 Å². The summed E-state index contributed by atoms with van der Waals surface area (Å²) in [6, 6.07) is -3.42. The van der Waals surface area contributed by atoms with Crippen LogP contribution in [0.5, 0.6) is 0 Å². The largest absolute Gasteiger partial charge is 0.477 e. The molecule has 0 aromatic rings. The molecule has 168 valence electrons. The summed E-state index contributed by atoms with van der Waals surface area (Å²) in [5.74, 6) is -3.51. The third-order valence-electron chi connectivity index (χ3n) is 5.72. The van der Waals surface area contributed by atoms with Crippen molar-refractivity contribution in [2.75, 3.05) is 0 Å². The standard InChI is InChI=1S/C22H39NO6/c1-5-9-10-11-12-13-14-15-16-23(17(6-2)20(24)25,18(7-3)21(26)27)19(8-4)22(28)29/h15-19H,5-14H2,1-4H3,(H2-,24,25,26,27,28,29)/p+1/b16-15+. The Hall–Kier alpha value is -1.89. The Kier molecular flexibility index (Phi) is 13.2. The highest BCUT2D eigenvalue weighted by molar-refractivity contribution is 5.78. The van der Waals surface area contributed by atoms with E-state index in [-0.39, 0.29) is 19.3 Å². The van der Waals surface area contributed by atoms with Gasteiger partial charge in [0.25, 0.3) is 0 Å². The van der Waals surface area contributed by atoms with Crippen molar-refractivity contribution in [1.29, 1.82) is 0 Å².